The van der Waals surface area contributed by atoms with Crippen LogP contribution in [0.5, 0.6) is 5.88 Å². The van der Waals surface area contributed by atoms with E-state index in [2.05, 4.69) is 14.6 Å². The number of carbonyl (C=O) groups is 1. The Labute approximate surface area is 265 Å². The maximum absolute atomic E-state index is 14.3. The lowest BCUT2D eigenvalue weighted by atomic mass is 9.93. The number of fused-ring (bicyclic) bond motifs is 1. The highest BCUT2D eigenvalue weighted by molar-refractivity contribution is 7.92. The van der Waals surface area contributed by atoms with Crippen LogP contribution in [-0.4, -0.2) is 71.0 Å². The van der Waals surface area contributed by atoms with Gasteiger partial charge in [0, 0.05) is 29.8 Å². The third kappa shape index (κ3) is 7.12. The van der Waals surface area contributed by atoms with Crippen LogP contribution >= 0.6 is 0 Å². The maximum Gasteiger partial charge on any atom is 0.335 e. The van der Waals surface area contributed by atoms with Crippen LogP contribution in [0.3, 0.4) is 0 Å². The Balaban J connectivity index is 1.17. The number of benzene rings is 2. The molecule has 0 amide bonds. The number of halogens is 1. The monoisotopic (exact) mass is 648 g/mol. The van der Waals surface area contributed by atoms with E-state index in [-0.39, 0.29) is 35.4 Å². The molecule has 2 aromatic carbocycles. The minimum absolute atomic E-state index is 0.00524. The van der Waals surface area contributed by atoms with Gasteiger partial charge in [-0.3, -0.25) is 9.62 Å². The van der Waals surface area contributed by atoms with Gasteiger partial charge < -0.3 is 19.1 Å². The molecule has 2 aliphatic heterocycles. The van der Waals surface area contributed by atoms with Gasteiger partial charge >= 0.3 is 5.97 Å². The Bertz CT molecular complexity index is 1930. The number of piperidine rings is 1. The van der Waals surface area contributed by atoms with E-state index in [1.165, 1.54) is 24.3 Å². The number of rotatable bonds is 11. The first-order valence-electron chi connectivity index (χ1n) is 14.9. The Hall–Kier alpha value is -4.58. The molecule has 0 radical (unpaired) electrons. The smallest absolute Gasteiger partial charge is 0.335 e. The molecule has 14 heteroatoms. The molecule has 2 fully saturated rings. The van der Waals surface area contributed by atoms with Gasteiger partial charge in [-0.25, -0.2) is 27.6 Å². The Morgan fingerprint density at radius 3 is 2.61 bits per heavy atom. The van der Waals surface area contributed by atoms with Crippen molar-refractivity contribution in [3.05, 3.63) is 82.6 Å². The molecular weight excluding hydrogens is 615 g/mol. The molecule has 12 nitrogen and oxygen atoms in total. The summed E-state index contributed by atoms with van der Waals surface area (Å²) in [6.07, 6.45) is 3.52. The van der Waals surface area contributed by atoms with E-state index in [1.54, 1.807) is 12.1 Å². The van der Waals surface area contributed by atoms with Crippen LogP contribution in [0.2, 0.25) is 0 Å². The molecule has 0 spiro atoms. The number of anilines is 1. The molecule has 240 valence electrons. The summed E-state index contributed by atoms with van der Waals surface area (Å²) in [7, 11) is -3.69. The molecule has 2 aliphatic rings. The lowest BCUT2D eigenvalue weighted by molar-refractivity contribution is -0.0592. The lowest BCUT2D eigenvalue weighted by Gasteiger charge is -2.32. The number of pyridine rings is 1. The third-order valence-electron chi connectivity index (χ3n) is 8.33. The van der Waals surface area contributed by atoms with Crippen molar-refractivity contribution in [1.29, 1.82) is 5.26 Å². The quantitative estimate of drug-likeness (QED) is 0.241. The van der Waals surface area contributed by atoms with Crippen LogP contribution < -0.4 is 9.46 Å². The van der Waals surface area contributed by atoms with Crippen molar-refractivity contribution in [2.24, 2.45) is 0 Å². The number of imidazole rings is 1. The van der Waals surface area contributed by atoms with Crippen LogP contribution in [0.1, 0.15) is 58.2 Å². The molecule has 4 heterocycles. The molecule has 6 rings (SSSR count). The van der Waals surface area contributed by atoms with Crippen molar-refractivity contribution in [3.63, 3.8) is 0 Å². The predicted molar refractivity (Wildman–Crippen MR) is 166 cm³/mol. The standard InChI is InChI=1S/C32H33FN6O6S/c1-46(42,43)37-27-14-23(32(40)41)15-28-31(27)36-29(39(28)17-24-9-12-44-24)18-38-10-7-21(8-11-38)26-3-2-4-30(35-26)45-19-22-6-5-20(16-34)13-25(22)33/h2-6,13-15,21,24,37H,7-12,17-19H2,1H3,(H,40,41)/t24-/m0/s1. The fourth-order valence-corrected chi connectivity index (χ4v) is 6.39. The summed E-state index contributed by atoms with van der Waals surface area (Å²) in [5, 5.41) is 18.7. The molecule has 2 aromatic heterocycles. The number of aromatic nitrogens is 3. The first kappa shape index (κ1) is 31.4. The summed E-state index contributed by atoms with van der Waals surface area (Å²) >= 11 is 0. The summed E-state index contributed by atoms with van der Waals surface area (Å²) < 4.78 is 54.4. The van der Waals surface area contributed by atoms with Crippen molar-refractivity contribution in [2.75, 3.05) is 30.7 Å². The van der Waals surface area contributed by atoms with Crippen LogP contribution in [0, 0.1) is 17.1 Å². The maximum atomic E-state index is 14.3. The van der Waals surface area contributed by atoms with Crippen molar-refractivity contribution in [3.8, 4) is 11.9 Å². The van der Waals surface area contributed by atoms with Crippen molar-refractivity contribution >= 4 is 32.7 Å². The van der Waals surface area contributed by atoms with E-state index in [9.17, 15) is 22.7 Å². The molecule has 2 saturated heterocycles. The van der Waals surface area contributed by atoms with Gasteiger partial charge in [0.2, 0.25) is 15.9 Å². The average molecular weight is 649 g/mol. The van der Waals surface area contributed by atoms with Gasteiger partial charge in [0.15, 0.2) is 0 Å². The SMILES string of the molecule is CS(=O)(=O)Nc1cc(C(=O)O)cc2c1nc(CN1CCC(c3cccc(OCc4ccc(C#N)cc4F)n3)CC1)n2C[C@@H]1CCO1. The Kier molecular flexibility index (Phi) is 8.90. The van der Waals surface area contributed by atoms with E-state index >= 15 is 0 Å². The highest BCUT2D eigenvalue weighted by Crippen LogP contribution is 2.32. The predicted octanol–water partition coefficient (Wildman–Crippen LogP) is 4.26. The second-order valence-electron chi connectivity index (χ2n) is 11.6. The summed E-state index contributed by atoms with van der Waals surface area (Å²) in [6.45, 7) is 3.13. The fourth-order valence-electron chi connectivity index (χ4n) is 5.84. The molecular formula is C32H33FN6O6S. The van der Waals surface area contributed by atoms with E-state index in [0.29, 0.717) is 48.0 Å². The molecule has 46 heavy (non-hydrogen) atoms. The number of ether oxygens (including phenoxy) is 2. The molecule has 2 N–H and O–H groups in total. The normalized spacial score (nSPS) is 17.4. The molecule has 0 unspecified atom stereocenters. The molecule has 0 aliphatic carbocycles. The number of nitrogens with one attached hydrogen (secondary N) is 1. The lowest BCUT2D eigenvalue weighted by Crippen LogP contribution is -2.35. The topological polar surface area (TPSA) is 160 Å². The molecule has 0 saturated carbocycles. The highest BCUT2D eigenvalue weighted by atomic mass is 32.2. The Morgan fingerprint density at radius 2 is 1.96 bits per heavy atom. The number of sulfonamides is 1. The summed E-state index contributed by atoms with van der Waals surface area (Å²) in [5.74, 6) is -0.375. The second kappa shape index (κ2) is 13.0. The number of carboxylic acids is 1. The molecule has 4 aromatic rings. The highest BCUT2D eigenvalue weighted by Gasteiger charge is 2.27. The molecule has 1 atom stereocenters. The van der Waals surface area contributed by atoms with Gasteiger partial charge in [-0.1, -0.05) is 12.1 Å². The average Bonchev–Trinajstić information content (AvgIpc) is 3.34. The van der Waals surface area contributed by atoms with Crippen molar-refractivity contribution < 1.29 is 32.2 Å². The van der Waals surface area contributed by atoms with E-state index in [4.69, 9.17) is 19.7 Å². The van der Waals surface area contributed by atoms with Gasteiger partial charge in [-0.2, -0.15) is 5.26 Å². The van der Waals surface area contributed by atoms with Crippen LogP contribution in [0.25, 0.3) is 11.0 Å². The Morgan fingerprint density at radius 1 is 1.17 bits per heavy atom. The number of nitriles is 1. The third-order valence-corrected chi connectivity index (χ3v) is 8.92. The number of likely N-dealkylation sites (tertiary alicyclic amines) is 1. The minimum Gasteiger partial charge on any atom is -0.478 e. The zero-order chi connectivity index (χ0) is 32.4. The number of hydrogen-bond acceptors (Lipinski definition) is 9. The van der Waals surface area contributed by atoms with E-state index in [0.717, 1.165) is 44.3 Å². The van der Waals surface area contributed by atoms with Crippen molar-refractivity contribution in [2.45, 2.75) is 51.0 Å². The summed E-state index contributed by atoms with van der Waals surface area (Å²) in [6, 6.07) is 14.6. The van der Waals surface area contributed by atoms with Gasteiger partial charge in [-0.15, -0.1) is 0 Å². The van der Waals surface area contributed by atoms with Gasteiger partial charge in [0.1, 0.15) is 23.8 Å². The minimum atomic E-state index is -3.69. The number of nitrogens with zero attached hydrogens (tertiary/aromatic N) is 5. The fraction of sp³-hybridized carbons (Fsp3) is 0.375. The molecule has 0 bridgehead atoms. The first-order chi connectivity index (χ1) is 22.1. The van der Waals surface area contributed by atoms with Gasteiger partial charge in [-0.05, 0) is 62.7 Å². The van der Waals surface area contributed by atoms with Crippen LogP contribution in [-0.2, 0) is 34.5 Å². The van der Waals surface area contributed by atoms with E-state index < -0.39 is 21.8 Å². The van der Waals surface area contributed by atoms with Gasteiger partial charge in [0.05, 0.1) is 53.8 Å². The van der Waals surface area contributed by atoms with E-state index in [1.807, 2.05) is 22.8 Å². The first-order valence-corrected chi connectivity index (χ1v) is 16.8. The second-order valence-corrected chi connectivity index (χ2v) is 13.4. The largest absolute Gasteiger partial charge is 0.478 e. The van der Waals surface area contributed by atoms with Crippen LogP contribution in [0.4, 0.5) is 10.1 Å². The number of hydrogen-bond donors (Lipinski definition) is 2. The van der Waals surface area contributed by atoms with Gasteiger partial charge in [0.25, 0.3) is 0 Å². The zero-order valence-electron chi connectivity index (χ0n) is 25.1. The zero-order valence-corrected chi connectivity index (χ0v) is 26.0. The summed E-state index contributed by atoms with van der Waals surface area (Å²) in [4.78, 5) is 23.7. The van der Waals surface area contributed by atoms with Crippen LogP contribution in [0.15, 0.2) is 48.5 Å². The number of aromatic carboxylic acids is 1. The summed E-state index contributed by atoms with van der Waals surface area (Å²) in [5.41, 5.74) is 2.49. The number of carboxylic acid groups (broad SMARTS) is 1. The van der Waals surface area contributed by atoms with Crippen molar-refractivity contribution in [1.82, 2.24) is 19.4 Å².